The highest BCUT2D eigenvalue weighted by atomic mass is 16.5. The van der Waals surface area contributed by atoms with Gasteiger partial charge in [-0.25, -0.2) is 0 Å². The van der Waals surface area contributed by atoms with Crippen LogP contribution in [0.1, 0.15) is 13.8 Å². The zero-order valence-electron chi connectivity index (χ0n) is 9.36. The van der Waals surface area contributed by atoms with Crippen LogP contribution in [0.3, 0.4) is 0 Å². The largest absolute Gasteiger partial charge is 0.488 e. The van der Waals surface area contributed by atoms with Gasteiger partial charge < -0.3 is 10.1 Å². The summed E-state index contributed by atoms with van der Waals surface area (Å²) in [5, 5.41) is 3.29. The molecule has 0 bridgehead atoms. The van der Waals surface area contributed by atoms with Crippen LogP contribution in [0.4, 0.5) is 0 Å². The molecule has 3 nitrogen and oxygen atoms in total. The smallest absolute Gasteiger partial charge is 0.138 e. The molecular weight excluding hydrogens is 188 g/mol. The van der Waals surface area contributed by atoms with E-state index in [1.165, 1.54) is 0 Å². The fraction of sp³-hybridized carbons (Fsp3) is 0.417. The Kier molecular flexibility index (Phi) is 4.84. The van der Waals surface area contributed by atoms with Crippen LogP contribution in [0, 0.1) is 0 Å². The van der Waals surface area contributed by atoms with E-state index in [-0.39, 0.29) is 0 Å². The molecule has 0 spiro atoms. The van der Waals surface area contributed by atoms with Crippen LogP contribution >= 0.6 is 0 Å². The van der Waals surface area contributed by atoms with E-state index in [4.69, 9.17) is 4.74 Å². The van der Waals surface area contributed by atoms with Crippen LogP contribution in [-0.4, -0.2) is 24.2 Å². The monoisotopic (exact) mass is 206 g/mol. The fourth-order valence-electron chi connectivity index (χ4n) is 1.02. The Labute approximate surface area is 91.2 Å². The second-order valence-electron chi connectivity index (χ2n) is 3.76. The van der Waals surface area contributed by atoms with Crippen molar-refractivity contribution in [2.75, 3.05) is 13.2 Å². The van der Waals surface area contributed by atoms with Crippen LogP contribution in [0.2, 0.25) is 0 Å². The molecule has 0 saturated carbocycles. The lowest BCUT2D eigenvalue weighted by atomic mass is 10.3. The molecule has 1 aromatic rings. The minimum absolute atomic E-state index is 0.472. The molecule has 15 heavy (non-hydrogen) atoms. The van der Waals surface area contributed by atoms with E-state index in [9.17, 15) is 0 Å². The Morgan fingerprint density at radius 3 is 3.00 bits per heavy atom. The lowest BCUT2D eigenvalue weighted by Crippen LogP contribution is -2.26. The minimum Gasteiger partial charge on any atom is -0.488 e. The van der Waals surface area contributed by atoms with E-state index in [0.717, 1.165) is 17.9 Å². The first-order valence-corrected chi connectivity index (χ1v) is 5.11. The van der Waals surface area contributed by atoms with Crippen LogP contribution in [0.5, 0.6) is 5.75 Å². The van der Waals surface area contributed by atoms with E-state index in [0.29, 0.717) is 12.6 Å². The summed E-state index contributed by atoms with van der Waals surface area (Å²) >= 11 is 0. The molecule has 0 aliphatic carbocycles. The van der Waals surface area contributed by atoms with Crippen LogP contribution in [0.25, 0.3) is 0 Å². The van der Waals surface area contributed by atoms with Crippen molar-refractivity contribution >= 4 is 0 Å². The summed E-state index contributed by atoms with van der Waals surface area (Å²) in [4.78, 5) is 3.97. The van der Waals surface area contributed by atoms with Gasteiger partial charge in [0.15, 0.2) is 0 Å². The molecule has 1 rings (SSSR count). The van der Waals surface area contributed by atoms with Gasteiger partial charge in [-0.05, 0) is 17.7 Å². The van der Waals surface area contributed by atoms with Gasteiger partial charge in [-0.1, -0.05) is 20.4 Å². The molecule has 1 N–H and O–H groups in total. The van der Waals surface area contributed by atoms with Crippen LogP contribution in [0.15, 0.2) is 36.7 Å². The van der Waals surface area contributed by atoms with Crippen molar-refractivity contribution in [3.8, 4) is 5.75 Å². The van der Waals surface area contributed by atoms with Crippen molar-refractivity contribution < 1.29 is 4.74 Å². The third-order valence-electron chi connectivity index (χ3n) is 1.84. The SMILES string of the molecule is C=C(CNC(C)C)COc1cccnc1. The Morgan fingerprint density at radius 2 is 2.40 bits per heavy atom. The predicted octanol–water partition coefficient (Wildman–Crippen LogP) is 2.01. The van der Waals surface area contributed by atoms with Gasteiger partial charge >= 0.3 is 0 Å². The molecule has 0 saturated heterocycles. The maximum Gasteiger partial charge on any atom is 0.138 e. The Morgan fingerprint density at radius 1 is 1.60 bits per heavy atom. The predicted molar refractivity (Wildman–Crippen MR) is 62.0 cm³/mol. The second kappa shape index (κ2) is 6.19. The van der Waals surface area contributed by atoms with Gasteiger partial charge in [0.2, 0.25) is 0 Å². The summed E-state index contributed by atoms with van der Waals surface area (Å²) in [6, 6.07) is 4.21. The standard InChI is InChI=1S/C12H18N2O/c1-10(2)14-7-11(3)9-15-12-5-4-6-13-8-12/h4-6,8,10,14H,3,7,9H2,1-2H3. The first-order valence-electron chi connectivity index (χ1n) is 5.11. The van der Waals surface area contributed by atoms with Gasteiger partial charge in [0.1, 0.15) is 12.4 Å². The number of nitrogens with one attached hydrogen (secondary N) is 1. The Balaban J connectivity index is 2.23. The van der Waals surface area contributed by atoms with E-state index in [1.54, 1.807) is 12.4 Å². The highest BCUT2D eigenvalue weighted by molar-refractivity contribution is 5.16. The molecule has 0 unspecified atom stereocenters. The molecule has 3 heteroatoms. The summed E-state index contributed by atoms with van der Waals surface area (Å²) in [5.41, 5.74) is 1.03. The average molecular weight is 206 g/mol. The quantitative estimate of drug-likeness (QED) is 0.723. The minimum atomic E-state index is 0.472. The van der Waals surface area contributed by atoms with Crippen LogP contribution in [-0.2, 0) is 0 Å². The lowest BCUT2D eigenvalue weighted by molar-refractivity contribution is 0.346. The lowest BCUT2D eigenvalue weighted by Gasteiger charge is -2.11. The number of hydrogen-bond donors (Lipinski definition) is 1. The van der Waals surface area contributed by atoms with Crippen molar-refractivity contribution in [2.24, 2.45) is 0 Å². The fourth-order valence-corrected chi connectivity index (χ4v) is 1.02. The van der Waals surface area contributed by atoms with Gasteiger partial charge in [-0.15, -0.1) is 0 Å². The van der Waals surface area contributed by atoms with Gasteiger partial charge in [-0.2, -0.15) is 0 Å². The van der Waals surface area contributed by atoms with Gasteiger partial charge in [0.25, 0.3) is 0 Å². The third-order valence-corrected chi connectivity index (χ3v) is 1.84. The van der Waals surface area contributed by atoms with Gasteiger partial charge in [0, 0.05) is 18.8 Å². The zero-order valence-corrected chi connectivity index (χ0v) is 9.36. The van der Waals surface area contributed by atoms with Crippen molar-refractivity contribution in [3.05, 3.63) is 36.7 Å². The van der Waals surface area contributed by atoms with Crippen LogP contribution < -0.4 is 10.1 Å². The molecule has 0 radical (unpaired) electrons. The molecule has 0 aliphatic rings. The number of aromatic nitrogens is 1. The Hall–Kier alpha value is -1.35. The first-order chi connectivity index (χ1) is 7.18. The topological polar surface area (TPSA) is 34.1 Å². The average Bonchev–Trinajstić information content (AvgIpc) is 2.25. The summed E-state index contributed by atoms with van der Waals surface area (Å²) in [6.07, 6.45) is 3.42. The van der Waals surface area contributed by atoms with Gasteiger partial charge in [0.05, 0.1) is 6.20 Å². The van der Waals surface area contributed by atoms with E-state index in [2.05, 4.69) is 30.7 Å². The summed E-state index contributed by atoms with van der Waals surface area (Å²) < 4.78 is 5.50. The third kappa shape index (κ3) is 5.18. The first kappa shape index (κ1) is 11.7. The number of hydrogen-bond acceptors (Lipinski definition) is 3. The van der Waals surface area contributed by atoms with E-state index >= 15 is 0 Å². The molecule has 0 aromatic carbocycles. The molecule has 0 amide bonds. The summed E-state index contributed by atoms with van der Waals surface area (Å²) in [7, 11) is 0. The zero-order chi connectivity index (χ0) is 11.1. The molecule has 82 valence electrons. The van der Waals surface area contributed by atoms with Gasteiger partial charge in [-0.3, -0.25) is 4.98 Å². The van der Waals surface area contributed by atoms with E-state index < -0.39 is 0 Å². The number of nitrogens with zero attached hydrogens (tertiary/aromatic N) is 1. The molecular formula is C12H18N2O. The molecule has 1 heterocycles. The molecule has 1 aromatic heterocycles. The molecule has 0 atom stereocenters. The molecule has 0 fully saturated rings. The summed E-state index contributed by atoms with van der Waals surface area (Å²) in [5.74, 6) is 0.781. The Bertz CT molecular complexity index is 296. The van der Waals surface area contributed by atoms with Crippen molar-refractivity contribution in [1.82, 2.24) is 10.3 Å². The highest BCUT2D eigenvalue weighted by Crippen LogP contribution is 2.07. The number of rotatable bonds is 6. The van der Waals surface area contributed by atoms with Crippen molar-refractivity contribution in [1.29, 1.82) is 0 Å². The number of pyridine rings is 1. The molecule has 0 aliphatic heterocycles. The maximum absolute atomic E-state index is 5.50. The summed E-state index contributed by atoms with van der Waals surface area (Å²) in [6.45, 7) is 9.47. The van der Waals surface area contributed by atoms with Crippen molar-refractivity contribution in [2.45, 2.75) is 19.9 Å². The second-order valence-corrected chi connectivity index (χ2v) is 3.76. The van der Waals surface area contributed by atoms with E-state index in [1.807, 2.05) is 12.1 Å². The number of ether oxygens (including phenoxy) is 1. The highest BCUT2D eigenvalue weighted by Gasteiger charge is 1.98. The van der Waals surface area contributed by atoms with Crippen molar-refractivity contribution in [3.63, 3.8) is 0 Å². The maximum atomic E-state index is 5.50. The normalized spacial score (nSPS) is 10.3.